The average molecular weight is 351 g/mol. The van der Waals surface area contributed by atoms with E-state index in [1.54, 1.807) is 6.92 Å². The Kier molecular flexibility index (Phi) is 4.27. The fraction of sp³-hybridized carbons (Fsp3) is 0.200. The molecule has 3 N–H and O–H groups in total. The van der Waals surface area contributed by atoms with Crippen LogP contribution in [0.1, 0.15) is 15.9 Å². The van der Waals surface area contributed by atoms with Gasteiger partial charge in [-0.2, -0.15) is 0 Å². The fourth-order valence-electron chi connectivity index (χ4n) is 1.21. The van der Waals surface area contributed by atoms with E-state index in [9.17, 15) is 14.0 Å². The maximum Gasteiger partial charge on any atom is 0.331 e. The lowest BCUT2D eigenvalue weighted by molar-refractivity contribution is 0.0733. The van der Waals surface area contributed by atoms with E-state index in [0.29, 0.717) is 0 Å². The van der Waals surface area contributed by atoms with Gasteiger partial charge in [0.1, 0.15) is 5.82 Å². The zero-order chi connectivity index (χ0) is 13.2. The molecule has 0 aliphatic heterocycles. The fourth-order valence-corrected chi connectivity index (χ4v) is 1.67. The van der Waals surface area contributed by atoms with Crippen molar-refractivity contribution < 1.29 is 14.0 Å². The second-order valence-electron chi connectivity index (χ2n) is 3.42. The number of carbonyl (C=O) groups excluding carboxylic acids is 2. The number of rotatable bonds is 1. The van der Waals surface area contributed by atoms with Gasteiger partial charge in [0.2, 0.25) is 0 Å². The first-order chi connectivity index (χ1) is 7.82. The Bertz CT molecular complexity index is 479. The Morgan fingerprint density at radius 1 is 1.47 bits per heavy atom. The minimum absolute atomic E-state index is 0.115. The molecule has 17 heavy (non-hydrogen) atoms. The number of nitrogens with zero attached hydrogens (tertiary/aromatic N) is 1. The summed E-state index contributed by atoms with van der Waals surface area (Å²) in [4.78, 5) is 22.4. The average Bonchev–Trinajstić information content (AvgIpc) is 2.21. The third-order valence-electron chi connectivity index (χ3n) is 2.06. The molecule has 0 aromatic heterocycles. The van der Waals surface area contributed by atoms with Crippen LogP contribution in [0.15, 0.2) is 12.1 Å². The van der Waals surface area contributed by atoms with E-state index in [1.165, 1.54) is 19.2 Å². The number of hydrogen-bond donors (Lipinski definition) is 2. The zero-order valence-electron chi connectivity index (χ0n) is 9.25. The van der Waals surface area contributed by atoms with Gasteiger partial charge in [-0.15, -0.1) is 0 Å². The largest absolute Gasteiger partial charge is 0.350 e. The van der Waals surface area contributed by atoms with Gasteiger partial charge in [-0.1, -0.05) is 0 Å². The van der Waals surface area contributed by atoms with Crippen LogP contribution >= 0.6 is 22.6 Å². The molecule has 0 bridgehead atoms. The summed E-state index contributed by atoms with van der Waals surface area (Å²) in [6.45, 7) is 1.74. The molecule has 0 saturated carbocycles. The van der Waals surface area contributed by atoms with Crippen LogP contribution in [0, 0.1) is 16.3 Å². The van der Waals surface area contributed by atoms with E-state index >= 15 is 0 Å². The number of nitrogens with two attached hydrogens (primary N) is 1. The number of halogens is 2. The Labute approximate surface area is 111 Å². The van der Waals surface area contributed by atoms with Crippen molar-refractivity contribution in [3.63, 3.8) is 0 Å². The van der Waals surface area contributed by atoms with Crippen LogP contribution in [0.5, 0.6) is 0 Å². The van der Waals surface area contributed by atoms with E-state index in [-0.39, 0.29) is 5.56 Å². The minimum Gasteiger partial charge on any atom is -0.350 e. The van der Waals surface area contributed by atoms with Crippen LogP contribution in [0.3, 0.4) is 0 Å². The number of hydrogen-bond acceptors (Lipinski definition) is 2. The zero-order valence-corrected chi connectivity index (χ0v) is 11.4. The highest BCUT2D eigenvalue weighted by Crippen LogP contribution is 2.18. The number of urea groups is 1. The molecule has 1 aromatic carbocycles. The number of aryl methyl sites for hydroxylation is 1. The maximum absolute atomic E-state index is 13.6. The van der Waals surface area contributed by atoms with Crippen LogP contribution < -0.4 is 11.2 Å². The van der Waals surface area contributed by atoms with Crippen molar-refractivity contribution in [2.75, 3.05) is 7.05 Å². The van der Waals surface area contributed by atoms with E-state index in [0.717, 1.165) is 14.1 Å². The molecule has 5 nitrogen and oxygen atoms in total. The monoisotopic (exact) mass is 351 g/mol. The predicted molar refractivity (Wildman–Crippen MR) is 68.7 cm³/mol. The first-order valence-corrected chi connectivity index (χ1v) is 5.70. The van der Waals surface area contributed by atoms with Crippen molar-refractivity contribution in [1.29, 1.82) is 0 Å². The normalized spacial score (nSPS) is 9.88. The Hall–Kier alpha value is -1.38. The lowest BCUT2D eigenvalue weighted by Crippen LogP contribution is -2.46. The highest BCUT2D eigenvalue weighted by Gasteiger charge is 2.18. The summed E-state index contributed by atoms with van der Waals surface area (Å²) in [7, 11) is 1.29. The number of nitrogens with one attached hydrogen (secondary N) is 1. The van der Waals surface area contributed by atoms with Crippen LogP contribution in [0.25, 0.3) is 0 Å². The summed E-state index contributed by atoms with van der Waals surface area (Å²) >= 11 is 2.00. The molecule has 0 aliphatic carbocycles. The number of amides is 3. The van der Waals surface area contributed by atoms with Crippen molar-refractivity contribution >= 4 is 34.5 Å². The SMILES string of the molecule is Cc1cc(F)c(C(=O)N(C)NC(N)=O)cc1I. The number of benzene rings is 1. The van der Waals surface area contributed by atoms with Crippen LogP contribution in [0.2, 0.25) is 0 Å². The van der Waals surface area contributed by atoms with Crippen LogP contribution in [-0.4, -0.2) is 24.0 Å². The second-order valence-corrected chi connectivity index (χ2v) is 4.58. The predicted octanol–water partition coefficient (Wildman–Crippen LogP) is 1.39. The lowest BCUT2D eigenvalue weighted by atomic mass is 10.1. The molecule has 0 atom stereocenters. The van der Waals surface area contributed by atoms with Crippen LogP contribution in [0.4, 0.5) is 9.18 Å². The smallest absolute Gasteiger partial charge is 0.331 e. The summed E-state index contributed by atoms with van der Waals surface area (Å²) in [6, 6.07) is 1.81. The van der Waals surface area contributed by atoms with Gasteiger partial charge in [0.25, 0.3) is 5.91 Å². The Morgan fingerprint density at radius 3 is 2.59 bits per heavy atom. The molecule has 0 fully saturated rings. The standard InChI is InChI=1S/C10H11FIN3O2/c1-5-3-7(11)6(4-8(5)12)9(16)15(2)14-10(13)17/h3-4H,1-2H3,(H3,13,14,17). The summed E-state index contributed by atoms with van der Waals surface area (Å²) in [6.07, 6.45) is 0. The molecule has 0 radical (unpaired) electrons. The van der Waals surface area contributed by atoms with Gasteiger partial charge in [-0.3, -0.25) is 9.80 Å². The van der Waals surface area contributed by atoms with Crippen molar-refractivity contribution in [2.24, 2.45) is 5.73 Å². The molecule has 1 rings (SSSR count). The third kappa shape index (κ3) is 3.29. The molecular weight excluding hydrogens is 340 g/mol. The van der Waals surface area contributed by atoms with Crippen molar-refractivity contribution in [3.05, 3.63) is 32.6 Å². The van der Waals surface area contributed by atoms with Gasteiger partial charge >= 0.3 is 6.03 Å². The van der Waals surface area contributed by atoms with Crippen molar-refractivity contribution in [2.45, 2.75) is 6.92 Å². The summed E-state index contributed by atoms with van der Waals surface area (Å²) in [5, 5.41) is 0.839. The second kappa shape index (κ2) is 5.30. The quantitative estimate of drug-likeness (QED) is 0.593. The van der Waals surface area contributed by atoms with Gasteiger partial charge in [0, 0.05) is 10.6 Å². The molecule has 7 heteroatoms. The topological polar surface area (TPSA) is 75.4 Å². The Morgan fingerprint density at radius 2 is 2.06 bits per heavy atom. The minimum atomic E-state index is -0.886. The van der Waals surface area contributed by atoms with Crippen LogP contribution in [-0.2, 0) is 0 Å². The molecular formula is C10H11FIN3O2. The number of hydrazine groups is 1. The van der Waals surface area contributed by atoms with E-state index < -0.39 is 17.8 Å². The molecule has 0 heterocycles. The number of carbonyl (C=O) groups is 2. The van der Waals surface area contributed by atoms with Gasteiger partial charge < -0.3 is 5.73 Å². The number of primary amides is 1. The first kappa shape index (κ1) is 13.7. The summed E-state index contributed by atoms with van der Waals surface area (Å²) in [5.74, 6) is -1.30. The molecule has 0 saturated heterocycles. The third-order valence-corrected chi connectivity index (χ3v) is 3.22. The van der Waals surface area contributed by atoms with Crippen molar-refractivity contribution in [3.8, 4) is 0 Å². The summed E-state index contributed by atoms with van der Waals surface area (Å²) < 4.78 is 14.3. The lowest BCUT2D eigenvalue weighted by Gasteiger charge is -2.17. The molecule has 92 valence electrons. The van der Waals surface area contributed by atoms with Gasteiger partial charge in [0.15, 0.2) is 0 Å². The van der Waals surface area contributed by atoms with Crippen molar-refractivity contribution in [1.82, 2.24) is 10.4 Å². The van der Waals surface area contributed by atoms with E-state index in [1.807, 2.05) is 22.6 Å². The maximum atomic E-state index is 13.6. The van der Waals surface area contributed by atoms with Gasteiger partial charge in [0.05, 0.1) is 5.56 Å². The highest BCUT2D eigenvalue weighted by molar-refractivity contribution is 14.1. The summed E-state index contributed by atoms with van der Waals surface area (Å²) in [5.41, 5.74) is 7.54. The molecule has 3 amide bonds. The first-order valence-electron chi connectivity index (χ1n) is 4.62. The molecule has 0 aliphatic rings. The molecule has 0 spiro atoms. The Balaban J connectivity index is 3.04. The molecule has 0 unspecified atom stereocenters. The van der Waals surface area contributed by atoms with E-state index in [2.05, 4.69) is 5.43 Å². The van der Waals surface area contributed by atoms with Gasteiger partial charge in [-0.05, 0) is 47.2 Å². The van der Waals surface area contributed by atoms with E-state index in [4.69, 9.17) is 5.73 Å². The highest BCUT2D eigenvalue weighted by atomic mass is 127. The molecule has 1 aromatic rings. The van der Waals surface area contributed by atoms with Gasteiger partial charge in [-0.25, -0.2) is 14.6 Å².